The minimum absolute atomic E-state index is 0.0458. The fraction of sp³-hybridized carbons (Fsp3) is 0.438. The number of carbonyl (C=O) groups excluding carboxylic acids is 1. The molecule has 0 bridgehead atoms. The Kier molecular flexibility index (Phi) is 4.38. The zero-order valence-electron chi connectivity index (χ0n) is 11.9. The summed E-state index contributed by atoms with van der Waals surface area (Å²) >= 11 is 0. The van der Waals surface area contributed by atoms with Crippen LogP contribution in [0.1, 0.15) is 37.8 Å². The van der Waals surface area contributed by atoms with Gasteiger partial charge in [0.05, 0.1) is 0 Å². The van der Waals surface area contributed by atoms with Gasteiger partial charge < -0.3 is 10.6 Å². The smallest absolute Gasteiger partial charge is 0.247 e. The summed E-state index contributed by atoms with van der Waals surface area (Å²) in [6.45, 7) is 8.55. The molecule has 1 aromatic rings. The highest BCUT2D eigenvalue weighted by Crippen LogP contribution is 2.15. The summed E-state index contributed by atoms with van der Waals surface area (Å²) < 4.78 is 0. The van der Waals surface area contributed by atoms with E-state index in [0.717, 1.165) is 24.2 Å². The number of nitrogens with one attached hydrogen (secondary N) is 2. The van der Waals surface area contributed by atoms with E-state index in [2.05, 4.69) is 48.7 Å². The number of benzene rings is 1. The van der Waals surface area contributed by atoms with Crippen molar-refractivity contribution in [2.75, 3.05) is 13.1 Å². The second-order valence-corrected chi connectivity index (χ2v) is 5.41. The maximum Gasteiger partial charge on any atom is 0.247 e. The Hall–Kier alpha value is -1.61. The van der Waals surface area contributed by atoms with E-state index in [1.54, 1.807) is 0 Å². The number of carbonyl (C=O) groups is 1. The monoisotopic (exact) mass is 258 g/mol. The van der Waals surface area contributed by atoms with Crippen molar-refractivity contribution in [1.82, 2.24) is 10.6 Å². The number of hydrogen-bond donors (Lipinski definition) is 2. The first-order valence-electron chi connectivity index (χ1n) is 6.84. The van der Waals surface area contributed by atoms with Crippen LogP contribution in [0.2, 0.25) is 0 Å². The van der Waals surface area contributed by atoms with Gasteiger partial charge in [0.2, 0.25) is 5.91 Å². The average molecular weight is 258 g/mol. The normalized spacial score (nSPS) is 14.2. The van der Waals surface area contributed by atoms with Gasteiger partial charge in [0.15, 0.2) is 0 Å². The second-order valence-electron chi connectivity index (χ2n) is 5.41. The van der Waals surface area contributed by atoms with Crippen LogP contribution in [0.3, 0.4) is 0 Å². The molecule has 3 nitrogen and oxygen atoms in total. The lowest BCUT2D eigenvalue weighted by atomic mass is 10.0. The van der Waals surface area contributed by atoms with Gasteiger partial charge in [0.25, 0.3) is 0 Å². The topological polar surface area (TPSA) is 41.1 Å². The molecule has 0 aromatic heterocycles. The quantitative estimate of drug-likeness (QED) is 0.814. The van der Waals surface area contributed by atoms with Crippen LogP contribution in [0.25, 0.3) is 0 Å². The minimum atomic E-state index is 0.0458. The van der Waals surface area contributed by atoms with E-state index < -0.39 is 0 Å². The highest BCUT2D eigenvalue weighted by Gasteiger charge is 2.15. The van der Waals surface area contributed by atoms with Gasteiger partial charge in [-0.15, -0.1) is 0 Å². The van der Waals surface area contributed by atoms with Crippen LogP contribution < -0.4 is 10.6 Å². The maximum atomic E-state index is 11.9. The van der Waals surface area contributed by atoms with Crippen molar-refractivity contribution in [3.8, 4) is 0 Å². The van der Waals surface area contributed by atoms with Crippen LogP contribution in [0.4, 0.5) is 0 Å². The van der Waals surface area contributed by atoms with Crippen molar-refractivity contribution in [3.05, 3.63) is 46.5 Å². The molecule has 0 aliphatic carbocycles. The molecule has 1 fully saturated rings. The van der Waals surface area contributed by atoms with E-state index in [1.807, 2.05) is 6.92 Å². The average Bonchev–Trinajstić information content (AvgIpc) is 2.34. The molecule has 1 heterocycles. The molecule has 1 amide bonds. The molecular weight excluding hydrogens is 236 g/mol. The van der Waals surface area contributed by atoms with Crippen LogP contribution in [0.15, 0.2) is 35.4 Å². The lowest BCUT2D eigenvalue weighted by Crippen LogP contribution is -2.37. The molecule has 102 valence electrons. The van der Waals surface area contributed by atoms with E-state index in [1.165, 1.54) is 11.1 Å². The van der Waals surface area contributed by atoms with E-state index >= 15 is 0 Å². The van der Waals surface area contributed by atoms with Crippen molar-refractivity contribution < 1.29 is 4.79 Å². The third kappa shape index (κ3) is 3.44. The molecule has 1 aromatic carbocycles. The SMILES string of the molecule is CC(C(=O)NCc1ccc(C(C)C)cc1)=C1CNC1. The molecule has 0 spiro atoms. The molecule has 19 heavy (non-hydrogen) atoms. The van der Waals surface area contributed by atoms with Crippen molar-refractivity contribution >= 4 is 5.91 Å². The molecule has 2 N–H and O–H groups in total. The molecular formula is C16H22N2O. The van der Waals surface area contributed by atoms with Crippen molar-refractivity contribution in [2.24, 2.45) is 0 Å². The van der Waals surface area contributed by atoms with E-state index in [9.17, 15) is 4.79 Å². The van der Waals surface area contributed by atoms with E-state index in [4.69, 9.17) is 0 Å². The number of hydrogen-bond acceptors (Lipinski definition) is 2. The molecule has 1 saturated heterocycles. The Morgan fingerprint density at radius 3 is 2.37 bits per heavy atom. The second kappa shape index (κ2) is 6.02. The largest absolute Gasteiger partial charge is 0.348 e. The van der Waals surface area contributed by atoms with Crippen LogP contribution in [-0.2, 0) is 11.3 Å². The van der Waals surface area contributed by atoms with Crippen molar-refractivity contribution in [2.45, 2.75) is 33.2 Å². The first-order chi connectivity index (χ1) is 9.08. The number of rotatable bonds is 4. The van der Waals surface area contributed by atoms with E-state index in [0.29, 0.717) is 12.5 Å². The van der Waals surface area contributed by atoms with Crippen LogP contribution in [-0.4, -0.2) is 19.0 Å². The summed E-state index contributed by atoms with van der Waals surface area (Å²) in [6.07, 6.45) is 0. The third-order valence-electron chi connectivity index (χ3n) is 3.65. The fourth-order valence-corrected chi connectivity index (χ4v) is 2.01. The molecule has 3 heteroatoms. The predicted molar refractivity (Wildman–Crippen MR) is 77.9 cm³/mol. The third-order valence-corrected chi connectivity index (χ3v) is 3.65. The van der Waals surface area contributed by atoms with Gasteiger partial charge in [-0.2, -0.15) is 0 Å². The van der Waals surface area contributed by atoms with E-state index in [-0.39, 0.29) is 5.91 Å². The van der Waals surface area contributed by atoms with Crippen LogP contribution in [0.5, 0.6) is 0 Å². The Morgan fingerprint density at radius 1 is 1.26 bits per heavy atom. The van der Waals surface area contributed by atoms with Gasteiger partial charge in [-0.3, -0.25) is 4.79 Å². The highest BCUT2D eigenvalue weighted by molar-refractivity contribution is 5.93. The van der Waals surface area contributed by atoms with Gasteiger partial charge in [0.1, 0.15) is 0 Å². The van der Waals surface area contributed by atoms with Gasteiger partial charge in [-0.05, 0) is 29.5 Å². The highest BCUT2D eigenvalue weighted by atomic mass is 16.1. The Balaban J connectivity index is 1.90. The zero-order valence-corrected chi connectivity index (χ0v) is 11.9. The first kappa shape index (κ1) is 13.8. The van der Waals surface area contributed by atoms with Gasteiger partial charge >= 0.3 is 0 Å². The summed E-state index contributed by atoms with van der Waals surface area (Å²) in [4.78, 5) is 11.9. The summed E-state index contributed by atoms with van der Waals surface area (Å²) in [7, 11) is 0. The lowest BCUT2D eigenvalue weighted by Gasteiger charge is -2.21. The van der Waals surface area contributed by atoms with Gasteiger partial charge in [0, 0.05) is 25.2 Å². The summed E-state index contributed by atoms with van der Waals surface area (Å²) in [5.74, 6) is 0.589. The minimum Gasteiger partial charge on any atom is -0.348 e. The van der Waals surface area contributed by atoms with Crippen LogP contribution >= 0.6 is 0 Å². The van der Waals surface area contributed by atoms with Crippen molar-refractivity contribution in [1.29, 1.82) is 0 Å². The summed E-state index contributed by atoms with van der Waals surface area (Å²) in [6, 6.07) is 8.44. The Bertz CT molecular complexity index is 480. The predicted octanol–water partition coefficient (Wildman–Crippen LogP) is 2.35. The maximum absolute atomic E-state index is 11.9. The molecule has 1 aliphatic rings. The lowest BCUT2D eigenvalue weighted by molar-refractivity contribution is -0.117. The van der Waals surface area contributed by atoms with Crippen LogP contribution in [0, 0.1) is 0 Å². The van der Waals surface area contributed by atoms with Gasteiger partial charge in [-0.1, -0.05) is 38.1 Å². The molecule has 0 saturated carbocycles. The molecule has 0 unspecified atom stereocenters. The summed E-state index contributed by atoms with van der Waals surface area (Å²) in [5.41, 5.74) is 4.54. The van der Waals surface area contributed by atoms with Crippen molar-refractivity contribution in [3.63, 3.8) is 0 Å². The van der Waals surface area contributed by atoms with Gasteiger partial charge in [-0.25, -0.2) is 0 Å². The fourth-order valence-electron chi connectivity index (χ4n) is 2.01. The summed E-state index contributed by atoms with van der Waals surface area (Å²) in [5, 5.41) is 6.12. The molecule has 0 atom stereocenters. The Morgan fingerprint density at radius 2 is 1.89 bits per heavy atom. The first-order valence-corrected chi connectivity index (χ1v) is 6.84. The molecule has 1 aliphatic heterocycles. The molecule has 2 rings (SSSR count). The number of amides is 1. The zero-order chi connectivity index (χ0) is 13.8. The standard InChI is InChI=1S/C16H22N2O/c1-11(2)14-6-4-13(5-7-14)8-18-16(19)12(3)15-9-17-10-15/h4-7,11,17H,8-10H2,1-3H3,(H,18,19). The molecule has 0 radical (unpaired) electrons. The Labute approximate surface area is 115 Å².